The van der Waals surface area contributed by atoms with Crippen LogP contribution in [0, 0.1) is 11.8 Å². The summed E-state index contributed by atoms with van der Waals surface area (Å²) in [6.45, 7) is 8.13. The third kappa shape index (κ3) is 3.96. The number of Topliss-reactive ketones (excluding diaryl/α,β-unsaturated/α-hetero) is 1. The first kappa shape index (κ1) is 13.2. The molecule has 2 atom stereocenters. The van der Waals surface area contributed by atoms with E-state index >= 15 is 0 Å². The van der Waals surface area contributed by atoms with E-state index in [0.29, 0.717) is 18.1 Å². The molecule has 0 aromatic heterocycles. The third-order valence-corrected chi connectivity index (χ3v) is 3.49. The second-order valence-electron chi connectivity index (χ2n) is 4.98. The number of allylic oxidation sites excluding steroid dienone is 3. The minimum Gasteiger partial charge on any atom is -0.299 e. The van der Waals surface area contributed by atoms with Gasteiger partial charge in [0.1, 0.15) is 5.78 Å². The van der Waals surface area contributed by atoms with E-state index in [1.54, 1.807) is 0 Å². The molecule has 0 radical (unpaired) electrons. The first-order valence-corrected chi connectivity index (χ1v) is 6.48. The zero-order valence-corrected chi connectivity index (χ0v) is 10.7. The van der Waals surface area contributed by atoms with Crippen LogP contribution in [0.1, 0.15) is 52.4 Å². The second-order valence-corrected chi connectivity index (χ2v) is 4.98. The average Bonchev–Trinajstić information content (AvgIpc) is 2.28. The standard InChI is InChI=1S/C15H24O/c1-4-7-13(5-2)11-15(16)14-9-6-8-12(3)10-14/h5,8,13-14H,2,4,6-7,9-11H2,1,3H3. The van der Waals surface area contributed by atoms with Gasteiger partial charge in [-0.15, -0.1) is 6.58 Å². The first-order valence-electron chi connectivity index (χ1n) is 6.48. The van der Waals surface area contributed by atoms with E-state index in [0.717, 1.165) is 32.1 Å². The molecule has 1 aliphatic carbocycles. The Balaban J connectivity index is 2.45. The molecule has 0 saturated carbocycles. The largest absolute Gasteiger partial charge is 0.299 e. The van der Waals surface area contributed by atoms with E-state index in [1.165, 1.54) is 5.57 Å². The Morgan fingerprint density at radius 1 is 1.69 bits per heavy atom. The van der Waals surface area contributed by atoms with Crippen molar-refractivity contribution in [1.29, 1.82) is 0 Å². The Kier molecular flexibility index (Phi) is 5.51. The van der Waals surface area contributed by atoms with Gasteiger partial charge in [0.2, 0.25) is 0 Å². The predicted octanol–water partition coefficient (Wildman–Crippen LogP) is 4.29. The van der Waals surface area contributed by atoms with Crippen molar-refractivity contribution in [1.82, 2.24) is 0 Å². The fourth-order valence-electron chi connectivity index (χ4n) is 2.48. The van der Waals surface area contributed by atoms with Gasteiger partial charge in [-0.3, -0.25) is 4.79 Å². The lowest BCUT2D eigenvalue weighted by molar-refractivity contribution is -0.123. The van der Waals surface area contributed by atoms with Crippen LogP contribution in [0.25, 0.3) is 0 Å². The summed E-state index contributed by atoms with van der Waals surface area (Å²) in [5.74, 6) is 1.12. The van der Waals surface area contributed by atoms with Crippen molar-refractivity contribution < 1.29 is 4.79 Å². The van der Waals surface area contributed by atoms with Crippen LogP contribution in [0.4, 0.5) is 0 Å². The SMILES string of the molecule is C=CC(CCC)CC(=O)C1CCC=C(C)C1. The van der Waals surface area contributed by atoms with E-state index in [1.807, 2.05) is 6.08 Å². The normalized spacial score (nSPS) is 22.4. The van der Waals surface area contributed by atoms with Crippen LogP contribution in [0.5, 0.6) is 0 Å². The average molecular weight is 220 g/mol. The number of rotatable bonds is 6. The topological polar surface area (TPSA) is 17.1 Å². The fourth-order valence-corrected chi connectivity index (χ4v) is 2.48. The van der Waals surface area contributed by atoms with Crippen molar-refractivity contribution in [3.63, 3.8) is 0 Å². The summed E-state index contributed by atoms with van der Waals surface area (Å²) in [4.78, 5) is 12.1. The van der Waals surface area contributed by atoms with Crippen molar-refractivity contribution in [3.8, 4) is 0 Å². The highest BCUT2D eigenvalue weighted by Gasteiger charge is 2.22. The first-order chi connectivity index (χ1) is 7.67. The molecule has 0 amide bonds. The van der Waals surface area contributed by atoms with Gasteiger partial charge in [0.25, 0.3) is 0 Å². The van der Waals surface area contributed by atoms with E-state index in [4.69, 9.17) is 0 Å². The molecule has 0 N–H and O–H groups in total. The Morgan fingerprint density at radius 2 is 2.44 bits per heavy atom. The molecule has 0 saturated heterocycles. The molecule has 0 heterocycles. The van der Waals surface area contributed by atoms with Crippen molar-refractivity contribution in [2.24, 2.45) is 11.8 Å². The van der Waals surface area contributed by atoms with Gasteiger partial charge < -0.3 is 0 Å². The Labute approximate surface area is 99.6 Å². The van der Waals surface area contributed by atoms with Crippen LogP contribution < -0.4 is 0 Å². The summed E-state index contributed by atoms with van der Waals surface area (Å²) in [7, 11) is 0. The third-order valence-electron chi connectivity index (χ3n) is 3.49. The number of carbonyl (C=O) groups is 1. The van der Waals surface area contributed by atoms with Gasteiger partial charge in [0.15, 0.2) is 0 Å². The van der Waals surface area contributed by atoms with E-state index in [2.05, 4.69) is 26.5 Å². The van der Waals surface area contributed by atoms with Crippen LogP contribution in [0.15, 0.2) is 24.3 Å². The number of carbonyl (C=O) groups excluding carboxylic acids is 1. The van der Waals surface area contributed by atoms with Gasteiger partial charge >= 0.3 is 0 Å². The summed E-state index contributed by atoms with van der Waals surface area (Å²) < 4.78 is 0. The van der Waals surface area contributed by atoms with Gasteiger partial charge in [-0.25, -0.2) is 0 Å². The van der Waals surface area contributed by atoms with Gasteiger partial charge in [-0.1, -0.05) is 31.1 Å². The van der Waals surface area contributed by atoms with Crippen LogP contribution in [0.3, 0.4) is 0 Å². The molecule has 0 bridgehead atoms. The van der Waals surface area contributed by atoms with Crippen LogP contribution in [0.2, 0.25) is 0 Å². The molecule has 0 aliphatic heterocycles. The maximum atomic E-state index is 12.1. The number of hydrogen-bond acceptors (Lipinski definition) is 1. The lowest BCUT2D eigenvalue weighted by Crippen LogP contribution is -2.19. The molecule has 1 rings (SSSR count). The zero-order valence-electron chi connectivity index (χ0n) is 10.7. The fraction of sp³-hybridized carbons (Fsp3) is 0.667. The number of hydrogen-bond donors (Lipinski definition) is 0. The molecule has 16 heavy (non-hydrogen) atoms. The van der Waals surface area contributed by atoms with Gasteiger partial charge in [0.05, 0.1) is 0 Å². The Bertz CT molecular complexity index is 275. The molecular formula is C15H24O. The summed E-state index contributed by atoms with van der Waals surface area (Å²) >= 11 is 0. The van der Waals surface area contributed by atoms with Crippen molar-refractivity contribution >= 4 is 5.78 Å². The summed E-state index contributed by atoms with van der Waals surface area (Å²) in [6, 6.07) is 0. The highest BCUT2D eigenvalue weighted by Crippen LogP contribution is 2.27. The Morgan fingerprint density at radius 3 is 3.00 bits per heavy atom. The molecule has 0 spiro atoms. The van der Waals surface area contributed by atoms with Crippen LogP contribution in [-0.4, -0.2) is 5.78 Å². The maximum Gasteiger partial charge on any atom is 0.136 e. The molecular weight excluding hydrogens is 196 g/mol. The van der Waals surface area contributed by atoms with Crippen molar-refractivity contribution in [3.05, 3.63) is 24.3 Å². The molecule has 1 heteroatoms. The predicted molar refractivity (Wildman–Crippen MR) is 69.3 cm³/mol. The van der Waals surface area contributed by atoms with E-state index in [9.17, 15) is 4.79 Å². The monoisotopic (exact) mass is 220 g/mol. The smallest absolute Gasteiger partial charge is 0.136 e. The lowest BCUT2D eigenvalue weighted by Gasteiger charge is -2.21. The van der Waals surface area contributed by atoms with E-state index < -0.39 is 0 Å². The lowest BCUT2D eigenvalue weighted by atomic mass is 9.82. The second kappa shape index (κ2) is 6.67. The zero-order chi connectivity index (χ0) is 12.0. The van der Waals surface area contributed by atoms with Gasteiger partial charge in [-0.05, 0) is 38.5 Å². The quantitative estimate of drug-likeness (QED) is 0.610. The van der Waals surface area contributed by atoms with Crippen molar-refractivity contribution in [2.75, 3.05) is 0 Å². The molecule has 1 nitrogen and oxygen atoms in total. The molecule has 2 unspecified atom stereocenters. The molecule has 0 fully saturated rings. The highest BCUT2D eigenvalue weighted by molar-refractivity contribution is 5.81. The summed E-state index contributed by atoms with van der Waals surface area (Å²) in [5, 5.41) is 0. The molecule has 0 aromatic rings. The summed E-state index contributed by atoms with van der Waals surface area (Å²) in [5.41, 5.74) is 1.38. The van der Waals surface area contributed by atoms with Crippen molar-refractivity contribution in [2.45, 2.75) is 52.4 Å². The molecule has 90 valence electrons. The minimum atomic E-state index is 0.282. The van der Waals surface area contributed by atoms with Crippen LogP contribution in [-0.2, 0) is 4.79 Å². The number of ketones is 1. The highest BCUT2D eigenvalue weighted by atomic mass is 16.1. The molecule has 1 aliphatic rings. The summed E-state index contributed by atoms with van der Waals surface area (Å²) in [6.07, 6.45) is 10.3. The maximum absolute atomic E-state index is 12.1. The minimum absolute atomic E-state index is 0.282. The van der Waals surface area contributed by atoms with Gasteiger partial charge in [-0.2, -0.15) is 0 Å². The Hall–Kier alpha value is -0.850. The van der Waals surface area contributed by atoms with E-state index in [-0.39, 0.29) is 5.92 Å². The van der Waals surface area contributed by atoms with Gasteiger partial charge in [0, 0.05) is 12.3 Å². The molecule has 0 aromatic carbocycles. The van der Waals surface area contributed by atoms with Crippen LogP contribution >= 0.6 is 0 Å².